The Hall–Kier alpha value is -2.18. The van der Waals surface area contributed by atoms with Crippen LogP contribution < -0.4 is 0 Å². The molecule has 0 radical (unpaired) electrons. The van der Waals surface area contributed by atoms with E-state index >= 15 is 0 Å². The smallest absolute Gasteiger partial charge is 0.358 e. The molecular weight excluding hydrogens is 270 g/mol. The van der Waals surface area contributed by atoms with Gasteiger partial charge >= 0.3 is 5.97 Å². The van der Waals surface area contributed by atoms with E-state index in [1.165, 1.54) is 0 Å². The second kappa shape index (κ2) is 5.31. The number of hydrogen-bond acceptors (Lipinski definition) is 4. The minimum absolute atomic E-state index is 0.0142. The molecule has 0 atom stereocenters. The molecule has 0 saturated heterocycles. The van der Waals surface area contributed by atoms with Gasteiger partial charge in [0, 0.05) is 12.5 Å². The van der Waals surface area contributed by atoms with Crippen LogP contribution in [0.2, 0.25) is 0 Å². The van der Waals surface area contributed by atoms with E-state index in [1.807, 2.05) is 40.8 Å². The van der Waals surface area contributed by atoms with Crippen LogP contribution in [0, 0.1) is 0 Å². The summed E-state index contributed by atoms with van der Waals surface area (Å²) in [5.41, 5.74) is 2.25. The third kappa shape index (κ3) is 2.96. The van der Waals surface area contributed by atoms with Gasteiger partial charge in [0.15, 0.2) is 5.69 Å². The van der Waals surface area contributed by atoms with Crippen LogP contribution in [0.15, 0.2) is 6.07 Å². The third-order valence-corrected chi connectivity index (χ3v) is 3.35. The zero-order chi connectivity index (χ0) is 15.8. The Balaban J connectivity index is 2.45. The number of rotatable bonds is 4. The van der Waals surface area contributed by atoms with E-state index in [-0.39, 0.29) is 11.1 Å². The van der Waals surface area contributed by atoms with Crippen molar-refractivity contribution >= 4 is 5.97 Å². The highest BCUT2D eigenvalue weighted by Crippen LogP contribution is 2.25. The maximum Gasteiger partial charge on any atom is 0.358 e. The molecule has 2 aromatic rings. The van der Waals surface area contributed by atoms with E-state index in [0.29, 0.717) is 12.2 Å². The molecule has 1 N–H and O–H groups in total. The van der Waals surface area contributed by atoms with E-state index < -0.39 is 5.97 Å². The summed E-state index contributed by atoms with van der Waals surface area (Å²) in [6.07, 6.45) is 0.859. The molecule has 0 unspecified atom stereocenters. The van der Waals surface area contributed by atoms with Gasteiger partial charge in [0.05, 0.1) is 23.6 Å². The number of aromatic nitrogens is 5. The molecule has 0 aliphatic rings. The monoisotopic (exact) mass is 291 g/mol. The van der Waals surface area contributed by atoms with Gasteiger partial charge in [0.2, 0.25) is 0 Å². The summed E-state index contributed by atoms with van der Waals surface area (Å²) in [6, 6.07) is 2.01. The van der Waals surface area contributed by atoms with Crippen molar-refractivity contribution in [3.05, 3.63) is 28.8 Å². The summed E-state index contributed by atoms with van der Waals surface area (Å²) >= 11 is 0. The Morgan fingerprint density at radius 3 is 2.52 bits per heavy atom. The zero-order valence-corrected chi connectivity index (χ0v) is 13.1. The first-order valence-electron chi connectivity index (χ1n) is 6.93. The number of carboxylic acids is 1. The maximum atomic E-state index is 11.3. The second-order valence-electron chi connectivity index (χ2n) is 6.10. The van der Waals surface area contributed by atoms with E-state index in [9.17, 15) is 9.90 Å². The topological polar surface area (TPSA) is 85.8 Å². The summed E-state index contributed by atoms with van der Waals surface area (Å²) < 4.78 is 3.45. The summed E-state index contributed by atoms with van der Waals surface area (Å²) in [5.74, 6) is -1.05. The van der Waals surface area contributed by atoms with E-state index in [0.717, 1.165) is 17.8 Å². The minimum Gasteiger partial charge on any atom is -0.476 e. The molecule has 0 fully saturated rings. The maximum absolute atomic E-state index is 11.3. The normalized spacial score (nSPS) is 11.9. The van der Waals surface area contributed by atoms with Crippen LogP contribution in [-0.4, -0.2) is 35.9 Å². The number of hydrogen-bond donors (Lipinski definition) is 1. The van der Waals surface area contributed by atoms with Gasteiger partial charge in [-0.2, -0.15) is 5.10 Å². The Bertz CT molecular complexity index is 663. The molecule has 0 amide bonds. The molecule has 2 aromatic heterocycles. The molecule has 0 spiro atoms. The lowest BCUT2D eigenvalue weighted by molar-refractivity contribution is 0.0687. The summed E-state index contributed by atoms with van der Waals surface area (Å²) in [5, 5.41) is 21.5. The summed E-state index contributed by atoms with van der Waals surface area (Å²) in [4.78, 5) is 11.3. The lowest BCUT2D eigenvalue weighted by Crippen LogP contribution is -2.22. The number of aryl methyl sites for hydroxylation is 2. The van der Waals surface area contributed by atoms with Gasteiger partial charge < -0.3 is 5.11 Å². The fourth-order valence-electron chi connectivity index (χ4n) is 2.36. The minimum atomic E-state index is -1.05. The Morgan fingerprint density at radius 1 is 1.38 bits per heavy atom. The van der Waals surface area contributed by atoms with E-state index in [2.05, 4.69) is 15.4 Å². The van der Waals surface area contributed by atoms with E-state index in [1.54, 1.807) is 9.36 Å². The quantitative estimate of drug-likeness (QED) is 0.925. The van der Waals surface area contributed by atoms with Gasteiger partial charge in [-0.1, -0.05) is 32.9 Å². The van der Waals surface area contributed by atoms with Crippen molar-refractivity contribution in [2.45, 2.75) is 46.1 Å². The van der Waals surface area contributed by atoms with Gasteiger partial charge in [0.25, 0.3) is 0 Å². The SMILES string of the molecule is CCc1cc(Cn2nnc(C(=O)O)c2C(C)(C)C)n(C)n1. The molecule has 7 nitrogen and oxygen atoms in total. The largest absolute Gasteiger partial charge is 0.476 e. The van der Waals surface area contributed by atoms with Crippen molar-refractivity contribution in [2.24, 2.45) is 7.05 Å². The summed E-state index contributed by atoms with van der Waals surface area (Å²) in [7, 11) is 1.88. The van der Waals surface area contributed by atoms with Crippen molar-refractivity contribution in [3.8, 4) is 0 Å². The molecule has 0 aromatic carbocycles. The Kier molecular flexibility index (Phi) is 3.85. The average Bonchev–Trinajstić information content (AvgIpc) is 2.94. The molecule has 21 heavy (non-hydrogen) atoms. The van der Waals surface area contributed by atoms with Crippen LogP contribution in [0.3, 0.4) is 0 Å². The van der Waals surface area contributed by atoms with Gasteiger partial charge in [0.1, 0.15) is 0 Å². The highest BCUT2D eigenvalue weighted by atomic mass is 16.4. The van der Waals surface area contributed by atoms with Crippen LogP contribution in [0.4, 0.5) is 0 Å². The third-order valence-electron chi connectivity index (χ3n) is 3.35. The molecule has 2 heterocycles. The Morgan fingerprint density at radius 2 is 2.05 bits per heavy atom. The molecule has 0 aliphatic carbocycles. The first kappa shape index (κ1) is 15.2. The molecule has 7 heteroatoms. The van der Waals surface area contributed by atoms with E-state index in [4.69, 9.17) is 0 Å². The predicted molar refractivity (Wildman–Crippen MR) is 77.4 cm³/mol. The predicted octanol–water partition coefficient (Wildman–Crippen LogP) is 1.62. The van der Waals surface area contributed by atoms with Crippen molar-refractivity contribution in [2.75, 3.05) is 0 Å². The molecule has 0 aliphatic heterocycles. The fourth-order valence-corrected chi connectivity index (χ4v) is 2.36. The Labute approximate surface area is 123 Å². The van der Waals surface area contributed by atoms with Crippen molar-refractivity contribution < 1.29 is 9.90 Å². The van der Waals surface area contributed by atoms with Crippen LogP contribution in [0.5, 0.6) is 0 Å². The zero-order valence-electron chi connectivity index (χ0n) is 13.1. The van der Waals surface area contributed by atoms with Crippen molar-refractivity contribution in [1.29, 1.82) is 0 Å². The lowest BCUT2D eigenvalue weighted by Gasteiger charge is -2.20. The van der Waals surface area contributed by atoms with Crippen LogP contribution in [0.1, 0.15) is 55.3 Å². The van der Waals surface area contributed by atoms with Gasteiger partial charge in [-0.05, 0) is 12.5 Å². The standard InChI is InChI=1S/C14H21N5O2/c1-6-9-7-10(18(5)16-9)8-19-12(14(2,3)4)11(13(20)21)15-17-19/h7H,6,8H2,1-5H3,(H,20,21). The number of carbonyl (C=O) groups is 1. The summed E-state index contributed by atoms with van der Waals surface area (Å²) in [6.45, 7) is 8.36. The van der Waals surface area contributed by atoms with Gasteiger partial charge in [-0.3, -0.25) is 4.68 Å². The number of carboxylic acid groups (broad SMARTS) is 1. The first-order chi connectivity index (χ1) is 9.74. The number of nitrogens with zero attached hydrogens (tertiary/aromatic N) is 5. The molecule has 0 saturated carbocycles. The fraction of sp³-hybridized carbons (Fsp3) is 0.571. The van der Waals surface area contributed by atoms with Crippen LogP contribution in [-0.2, 0) is 25.4 Å². The van der Waals surface area contributed by atoms with Crippen molar-refractivity contribution in [1.82, 2.24) is 24.8 Å². The average molecular weight is 291 g/mol. The lowest BCUT2D eigenvalue weighted by atomic mass is 9.90. The molecule has 114 valence electrons. The van der Waals surface area contributed by atoms with Crippen LogP contribution >= 0.6 is 0 Å². The molecule has 2 rings (SSSR count). The van der Waals surface area contributed by atoms with Crippen molar-refractivity contribution in [3.63, 3.8) is 0 Å². The molecular formula is C14H21N5O2. The number of aromatic carboxylic acids is 1. The second-order valence-corrected chi connectivity index (χ2v) is 6.10. The highest BCUT2D eigenvalue weighted by molar-refractivity contribution is 5.86. The van der Waals surface area contributed by atoms with Crippen LogP contribution in [0.25, 0.3) is 0 Å². The highest BCUT2D eigenvalue weighted by Gasteiger charge is 2.29. The molecule has 0 bridgehead atoms. The first-order valence-corrected chi connectivity index (χ1v) is 6.93. The van der Waals surface area contributed by atoms with Gasteiger partial charge in [-0.15, -0.1) is 5.10 Å². The van der Waals surface area contributed by atoms with Gasteiger partial charge in [-0.25, -0.2) is 9.48 Å².